The Hall–Kier alpha value is -2.47. The fourth-order valence-electron chi connectivity index (χ4n) is 2.49. The van der Waals surface area contributed by atoms with Crippen LogP contribution in [0.5, 0.6) is 0 Å². The lowest BCUT2D eigenvalue weighted by atomic mass is 10.2. The number of aromatic nitrogens is 2. The highest BCUT2D eigenvalue weighted by Crippen LogP contribution is 2.11. The maximum absolute atomic E-state index is 12.8. The molecule has 6 heteroatoms. The van der Waals surface area contributed by atoms with Crippen LogP contribution in [0.4, 0.5) is 4.39 Å². The predicted octanol–water partition coefficient (Wildman–Crippen LogP) is 3.23. The molecule has 0 unspecified atom stereocenters. The van der Waals surface area contributed by atoms with Gasteiger partial charge in [0.05, 0.1) is 17.4 Å². The van der Waals surface area contributed by atoms with E-state index in [1.807, 2.05) is 24.5 Å². The van der Waals surface area contributed by atoms with E-state index in [1.165, 1.54) is 12.1 Å². The highest BCUT2D eigenvalue weighted by Gasteiger charge is 2.01. The number of halogens is 1. The van der Waals surface area contributed by atoms with Gasteiger partial charge in [-0.3, -0.25) is 0 Å². The first kappa shape index (κ1) is 16.4. The van der Waals surface area contributed by atoms with E-state index < -0.39 is 0 Å². The van der Waals surface area contributed by atoms with E-state index in [1.54, 1.807) is 12.1 Å². The summed E-state index contributed by atoms with van der Waals surface area (Å²) in [6.45, 7) is 2.24. The average molecular weight is 342 g/mol. The van der Waals surface area contributed by atoms with Gasteiger partial charge in [-0.25, -0.2) is 9.37 Å². The van der Waals surface area contributed by atoms with E-state index in [2.05, 4.69) is 26.3 Å². The van der Waals surface area contributed by atoms with Crippen molar-refractivity contribution in [3.8, 4) is 0 Å². The molecule has 0 bridgehead atoms. The van der Waals surface area contributed by atoms with Crippen molar-refractivity contribution >= 4 is 28.4 Å². The SMILES string of the molecule is Fc1ccc(CNC(=S)NCCCn2cnc3ccccc32)cc1. The number of benzene rings is 2. The number of hydrogen-bond donors (Lipinski definition) is 2. The fourth-order valence-corrected chi connectivity index (χ4v) is 2.66. The number of aryl methyl sites for hydroxylation is 1. The molecule has 0 aliphatic rings. The summed E-state index contributed by atoms with van der Waals surface area (Å²) in [7, 11) is 0. The van der Waals surface area contributed by atoms with E-state index in [4.69, 9.17) is 12.2 Å². The van der Waals surface area contributed by atoms with Crippen LogP contribution in [0.2, 0.25) is 0 Å². The minimum atomic E-state index is -0.230. The van der Waals surface area contributed by atoms with Crippen LogP contribution in [0, 0.1) is 5.82 Å². The molecule has 3 aromatic rings. The Morgan fingerprint density at radius 1 is 1.08 bits per heavy atom. The third kappa shape index (κ3) is 4.29. The van der Waals surface area contributed by atoms with Gasteiger partial charge in [-0.1, -0.05) is 24.3 Å². The van der Waals surface area contributed by atoms with E-state index in [9.17, 15) is 4.39 Å². The zero-order valence-electron chi connectivity index (χ0n) is 13.2. The van der Waals surface area contributed by atoms with Crippen molar-refractivity contribution in [1.82, 2.24) is 20.2 Å². The van der Waals surface area contributed by atoms with Crippen molar-refractivity contribution < 1.29 is 4.39 Å². The Balaban J connectivity index is 1.38. The number of nitrogens with zero attached hydrogens (tertiary/aromatic N) is 2. The Morgan fingerprint density at radius 3 is 2.71 bits per heavy atom. The van der Waals surface area contributed by atoms with E-state index in [0.29, 0.717) is 11.7 Å². The molecular formula is C18H19FN4S. The summed E-state index contributed by atoms with van der Waals surface area (Å²) in [5.41, 5.74) is 3.15. The van der Waals surface area contributed by atoms with Crippen LogP contribution in [-0.2, 0) is 13.1 Å². The molecule has 2 N–H and O–H groups in total. The summed E-state index contributed by atoms with van der Waals surface area (Å²) < 4.78 is 15.0. The number of para-hydroxylation sites is 2. The molecule has 0 saturated carbocycles. The second kappa shape index (κ2) is 7.88. The maximum Gasteiger partial charge on any atom is 0.166 e. The molecule has 0 aliphatic heterocycles. The molecule has 1 aromatic heterocycles. The molecule has 4 nitrogen and oxygen atoms in total. The van der Waals surface area contributed by atoms with Gasteiger partial charge in [0.15, 0.2) is 5.11 Å². The molecule has 0 saturated heterocycles. The van der Waals surface area contributed by atoms with Crippen LogP contribution >= 0.6 is 12.2 Å². The van der Waals surface area contributed by atoms with Crippen LogP contribution in [0.3, 0.4) is 0 Å². The van der Waals surface area contributed by atoms with Gasteiger partial charge in [-0.2, -0.15) is 0 Å². The Morgan fingerprint density at radius 2 is 1.88 bits per heavy atom. The third-order valence-corrected chi connectivity index (χ3v) is 4.04. The largest absolute Gasteiger partial charge is 0.363 e. The highest BCUT2D eigenvalue weighted by atomic mass is 32.1. The van der Waals surface area contributed by atoms with E-state index in [0.717, 1.165) is 36.1 Å². The number of hydrogen-bond acceptors (Lipinski definition) is 2. The van der Waals surface area contributed by atoms with Crippen LogP contribution in [0.25, 0.3) is 11.0 Å². The maximum atomic E-state index is 12.8. The monoisotopic (exact) mass is 342 g/mol. The zero-order valence-corrected chi connectivity index (χ0v) is 14.0. The highest BCUT2D eigenvalue weighted by molar-refractivity contribution is 7.80. The molecule has 0 fully saturated rings. The molecule has 0 aliphatic carbocycles. The van der Waals surface area contributed by atoms with Crippen LogP contribution in [-0.4, -0.2) is 21.2 Å². The Bertz CT molecular complexity index is 813. The van der Waals surface area contributed by atoms with Crippen molar-refractivity contribution in [2.75, 3.05) is 6.54 Å². The summed E-state index contributed by atoms with van der Waals surface area (Å²) in [6.07, 6.45) is 2.81. The van der Waals surface area contributed by atoms with Crippen molar-refractivity contribution in [3.63, 3.8) is 0 Å². The molecule has 2 aromatic carbocycles. The lowest BCUT2D eigenvalue weighted by molar-refractivity contribution is 0.626. The van der Waals surface area contributed by atoms with Crippen LogP contribution in [0.15, 0.2) is 54.9 Å². The topological polar surface area (TPSA) is 41.9 Å². The lowest BCUT2D eigenvalue weighted by Gasteiger charge is -2.11. The van der Waals surface area contributed by atoms with Gasteiger partial charge in [-0.05, 0) is 48.5 Å². The molecule has 3 rings (SSSR count). The first-order valence-electron chi connectivity index (χ1n) is 7.88. The van der Waals surface area contributed by atoms with Gasteiger partial charge in [0, 0.05) is 19.6 Å². The zero-order chi connectivity index (χ0) is 16.8. The van der Waals surface area contributed by atoms with E-state index in [-0.39, 0.29) is 5.82 Å². The second-order valence-corrected chi connectivity index (χ2v) is 5.92. The smallest absolute Gasteiger partial charge is 0.166 e. The summed E-state index contributed by atoms with van der Waals surface area (Å²) in [5, 5.41) is 6.91. The standard InChI is InChI=1S/C18H19FN4S/c19-15-8-6-14(7-9-15)12-21-18(24)20-10-3-11-23-13-22-16-4-1-2-5-17(16)23/h1-2,4-9,13H,3,10-12H2,(H2,20,21,24). The van der Waals surface area contributed by atoms with Gasteiger partial charge in [-0.15, -0.1) is 0 Å². The molecule has 0 atom stereocenters. The number of fused-ring (bicyclic) bond motifs is 1. The first-order valence-corrected chi connectivity index (χ1v) is 8.29. The summed E-state index contributed by atoms with van der Waals surface area (Å²) in [6, 6.07) is 14.5. The van der Waals surface area contributed by atoms with Crippen molar-refractivity contribution in [2.45, 2.75) is 19.5 Å². The van der Waals surface area contributed by atoms with Crippen LogP contribution in [0.1, 0.15) is 12.0 Å². The van der Waals surface area contributed by atoms with Crippen LogP contribution < -0.4 is 10.6 Å². The van der Waals surface area contributed by atoms with Gasteiger partial charge in [0.2, 0.25) is 0 Å². The van der Waals surface area contributed by atoms with Gasteiger partial charge in [0.1, 0.15) is 5.82 Å². The molecule has 124 valence electrons. The first-order chi connectivity index (χ1) is 11.7. The number of imidazole rings is 1. The Labute approximate surface area is 145 Å². The van der Waals surface area contributed by atoms with Gasteiger partial charge in [0.25, 0.3) is 0 Å². The summed E-state index contributed by atoms with van der Waals surface area (Å²) >= 11 is 5.25. The van der Waals surface area contributed by atoms with Crippen molar-refractivity contribution in [3.05, 3.63) is 66.2 Å². The Kier molecular flexibility index (Phi) is 5.38. The van der Waals surface area contributed by atoms with E-state index >= 15 is 0 Å². The average Bonchev–Trinajstić information content (AvgIpc) is 3.01. The molecule has 1 heterocycles. The molecule has 0 radical (unpaired) electrons. The molecule has 0 amide bonds. The normalized spacial score (nSPS) is 10.7. The lowest BCUT2D eigenvalue weighted by Crippen LogP contribution is -2.35. The molecular weight excluding hydrogens is 323 g/mol. The van der Waals surface area contributed by atoms with Crippen molar-refractivity contribution in [1.29, 1.82) is 0 Å². The number of rotatable bonds is 6. The minimum Gasteiger partial charge on any atom is -0.363 e. The second-order valence-electron chi connectivity index (χ2n) is 5.52. The van der Waals surface area contributed by atoms with Gasteiger partial charge >= 0.3 is 0 Å². The summed E-state index contributed by atoms with van der Waals surface area (Å²) in [5.74, 6) is -0.230. The minimum absolute atomic E-state index is 0.230. The van der Waals surface area contributed by atoms with Crippen molar-refractivity contribution in [2.24, 2.45) is 0 Å². The quantitative estimate of drug-likeness (QED) is 0.533. The molecule has 24 heavy (non-hydrogen) atoms. The summed E-state index contributed by atoms with van der Waals surface area (Å²) in [4.78, 5) is 4.38. The third-order valence-electron chi connectivity index (χ3n) is 3.76. The molecule has 0 spiro atoms. The van der Waals surface area contributed by atoms with Gasteiger partial charge < -0.3 is 15.2 Å². The predicted molar refractivity (Wildman–Crippen MR) is 98.2 cm³/mol. The fraction of sp³-hybridized carbons (Fsp3) is 0.222. The number of nitrogens with one attached hydrogen (secondary N) is 2. The number of thiocarbonyl (C=S) groups is 1.